The summed E-state index contributed by atoms with van der Waals surface area (Å²) in [6.45, 7) is 8.92. The Kier molecular flexibility index (Phi) is 6.40. The predicted molar refractivity (Wildman–Crippen MR) is 86.9 cm³/mol. The zero-order chi connectivity index (χ0) is 16.7. The molecule has 0 aromatic carbocycles. The van der Waals surface area contributed by atoms with Crippen molar-refractivity contribution in [3.63, 3.8) is 0 Å². The molecule has 1 aliphatic rings. The number of imidazole rings is 1. The van der Waals surface area contributed by atoms with Crippen LogP contribution in [0, 0.1) is 0 Å². The van der Waals surface area contributed by atoms with Crippen molar-refractivity contribution in [3.8, 4) is 0 Å². The highest BCUT2D eigenvalue weighted by molar-refractivity contribution is 5.74. The first-order valence-corrected chi connectivity index (χ1v) is 8.02. The molecule has 1 aromatic heterocycles. The molecule has 8 nitrogen and oxygen atoms in total. The van der Waals surface area contributed by atoms with Gasteiger partial charge in [-0.3, -0.25) is 9.69 Å². The fourth-order valence-electron chi connectivity index (χ4n) is 2.65. The lowest BCUT2D eigenvalue weighted by Crippen LogP contribution is -2.50. The van der Waals surface area contributed by atoms with Crippen LogP contribution in [-0.2, 0) is 11.3 Å². The van der Waals surface area contributed by atoms with Crippen molar-refractivity contribution in [1.82, 2.24) is 30.0 Å². The molecule has 2 N–H and O–H groups in total. The summed E-state index contributed by atoms with van der Waals surface area (Å²) in [5.41, 5.74) is 0. The van der Waals surface area contributed by atoms with E-state index in [1.54, 1.807) is 19.4 Å². The molecule has 0 saturated carbocycles. The molecular weight excluding hydrogens is 296 g/mol. The second kappa shape index (κ2) is 8.52. The Morgan fingerprint density at radius 1 is 1.26 bits per heavy atom. The zero-order valence-corrected chi connectivity index (χ0v) is 13.9. The van der Waals surface area contributed by atoms with E-state index in [2.05, 4.69) is 20.5 Å². The van der Waals surface area contributed by atoms with Gasteiger partial charge in [-0.1, -0.05) is 0 Å². The highest BCUT2D eigenvalue weighted by Crippen LogP contribution is 2.00. The maximum absolute atomic E-state index is 11.8. The number of urea groups is 1. The van der Waals surface area contributed by atoms with Gasteiger partial charge in [0, 0.05) is 71.2 Å². The summed E-state index contributed by atoms with van der Waals surface area (Å²) in [6, 6.07) is -0.122. The van der Waals surface area contributed by atoms with Crippen LogP contribution < -0.4 is 10.6 Å². The molecule has 2 rings (SSSR count). The number of carbonyl (C=O) groups is 2. The fraction of sp³-hybridized carbons (Fsp3) is 0.667. The Labute approximate surface area is 136 Å². The normalized spacial score (nSPS) is 16.9. The van der Waals surface area contributed by atoms with Crippen LogP contribution in [0.1, 0.15) is 13.8 Å². The Bertz CT molecular complexity index is 496. The minimum absolute atomic E-state index is 0.0308. The summed E-state index contributed by atoms with van der Waals surface area (Å²) in [5, 5.41) is 5.79. The molecule has 1 saturated heterocycles. The van der Waals surface area contributed by atoms with Gasteiger partial charge in [0.1, 0.15) is 0 Å². The van der Waals surface area contributed by atoms with E-state index in [0.29, 0.717) is 13.1 Å². The van der Waals surface area contributed by atoms with Crippen LogP contribution in [0.2, 0.25) is 0 Å². The van der Waals surface area contributed by atoms with Crippen LogP contribution in [0.5, 0.6) is 0 Å². The predicted octanol–water partition coefficient (Wildman–Crippen LogP) is -0.265. The molecule has 0 radical (unpaired) electrons. The third kappa shape index (κ3) is 5.90. The van der Waals surface area contributed by atoms with Crippen LogP contribution in [0.3, 0.4) is 0 Å². The second-order valence-corrected chi connectivity index (χ2v) is 5.91. The summed E-state index contributed by atoms with van der Waals surface area (Å²) >= 11 is 0. The van der Waals surface area contributed by atoms with E-state index in [1.165, 1.54) is 0 Å². The number of hydrogen-bond acceptors (Lipinski definition) is 4. The summed E-state index contributed by atoms with van der Waals surface area (Å²) < 4.78 is 1.93. The molecular formula is C15H26N6O2. The topological polar surface area (TPSA) is 82.5 Å². The Morgan fingerprint density at radius 2 is 2.00 bits per heavy atom. The van der Waals surface area contributed by atoms with Gasteiger partial charge in [0.25, 0.3) is 0 Å². The molecule has 1 aromatic rings. The van der Waals surface area contributed by atoms with Gasteiger partial charge >= 0.3 is 6.03 Å². The maximum Gasteiger partial charge on any atom is 0.315 e. The van der Waals surface area contributed by atoms with Gasteiger partial charge in [0.15, 0.2) is 0 Å². The number of hydrogen-bond donors (Lipinski definition) is 2. The van der Waals surface area contributed by atoms with Gasteiger partial charge in [0.05, 0.1) is 6.33 Å². The summed E-state index contributed by atoms with van der Waals surface area (Å²) in [4.78, 5) is 31.2. The lowest BCUT2D eigenvalue weighted by atomic mass is 10.3. The first-order chi connectivity index (χ1) is 11.0. The van der Waals surface area contributed by atoms with Gasteiger partial charge in [-0.25, -0.2) is 9.78 Å². The first kappa shape index (κ1) is 17.3. The summed E-state index contributed by atoms with van der Waals surface area (Å²) in [6.07, 6.45) is 5.33. The quantitative estimate of drug-likeness (QED) is 0.756. The number of rotatable bonds is 6. The van der Waals surface area contributed by atoms with E-state index in [9.17, 15) is 9.59 Å². The van der Waals surface area contributed by atoms with Crippen LogP contribution in [-0.4, -0.2) is 76.6 Å². The number of nitrogens with one attached hydrogen (secondary N) is 2. The number of carbonyl (C=O) groups excluding carboxylic acids is 2. The maximum atomic E-state index is 11.8. The fourth-order valence-corrected chi connectivity index (χ4v) is 2.65. The van der Waals surface area contributed by atoms with E-state index in [-0.39, 0.29) is 18.0 Å². The van der Waals surface area contributed by atoms with Crippen LogP contribution in [0.15, 0.2) is 18.7 Å². The Morgan fingerprint density at radius 3 is 2.61 bits per heavy atom. The molecule has 1 fully saturated rings. The summed E-state index contributed by atoms with van der Waals surface area (Å²) in [5.74, 6) is 0.133. The standard InChI is InChI=1S/C15H26N6O2/c1-13(11-20-5-3-16-12-20)18-15(23)17-4-6-19-7-9-21(10-8-19)14(2)22/h3,5,12-13H,4,6-11H2,1-2H3,(H2,17,18,23)/t13-/m1/s1. The van der Waals surface area contributed by atoms with Gasteiger partial charge in [0.2, 0.25) is 5.91 Å². The number of aromatic nitrogens is 2. The molecule has 2 heterocycles. The smallest absolute Gasteiger partial charge is 0.315 e. The highest BCUT2D eigenvalue weighted by atomic mass is 16.2. The average Bonchev–Trinajstić information content (AvgIpc) is 3.00. The van der Waals surface area contributed by atoms with Crippen molar-refractivity contribution >= 4 is 11.9 Å². The lowest BCUT2D eigenvalue weighted by Gasteiger charge is -2.34. The Balaban J connectivity index is 1.57. The number of amides is 3. The minimum Gasteiger partial charge on any atom is -0.340 e. The molecule has 0 aliphatic carbocycles. The molecule has 0 spiro atoms. The third-order valence-electron chi connectivity index (χ3n) is 3.95. The molecule has 3 amide bonds. The van der Waals surface area contributed by atoms with Crippen LogP contribution in [0.4, 0.5) is 4.79 Å². The SMILES string of the molecule is CC(=O)N1CCN(CCNC(=O)N[C@H](C)Cn2ccnc2)CC1. The van der Waals surface area contributed by atoms with Crippen molar-refractivity contribution in [3.05, 3.63) is 18.7 Å². The zero-order valence-electron chi connectivity index (χ0n) is 13.9. The molecule has 0 unspecified atom stereocenters. The van der Waals surface area contributed by atoms with Crippen molar-refractivity contribution in [1.29, 1.82) is 0 Å². The number of piperazine rings is 1. The Hall–Kier alpha value is -2.09. The van der Waals surface area contributed by atoms with Gasteiger partial charge in [-0.05, 0) is 6.92 Å². The van der Waals surface area contributed by atoms with Crippen molar-refractivity contribution in [2.45, 2.75) is 26.4 Å². The molecule has 1 atom stereocenters. The second-order valence-electron chi connectivity index (χ2n) is 5.91. The first-order valence-electron chi connectivity index (χ1n) is 8.02. The van der Waals surface area contributed by atoms with Crippen molar-refractivity contribution < 1.29 is 9.59 Å². The van der Waals surface area contributed by atoms with Crippen molar-refractivity contribution in [2.75, 3.05) is 39.3 Å². The molecule has 128 valence electrons. The molecule has 1 aliphatic heterocycles. The van der Waals surface area contributed by atoms with Gasteiger partial charge < -0.3 is 20.1 Å². The lowest BCUT2D eigenvalue weighted by molar-refractivity contribution is -0.130. The van der Waals surface area contributed by atoms with E-state index in [0.717, 1.165) is 32.7 Å². The molecule has 8 heteroatoms. The van der Waals surface area contributed by atoms with Gasteiger partial charge in [-0.15, -0.1) is 0 Å². The van der Waals surface area contributed by atoms with Crippen LogP contribution in [0.25, 0.3) is 0 Å². The number of nitrogens with zero attached hydrogens (tertiary/aromatic N) is 4. The summed E-state index contributed by atoms with van der Waals surface area (Å²) in [7, 11) is 0. The monoisotopic (exact) mass is 322 g/mol. The van der Waals surface area contributed by atoms with E-state index >= 15 is 0 Å². The van der Waals surface area contributed by atoms with E-state index in [4.69, 9.17) is 0 Å². The molecule has 0 bridgehead atoms. The third-order valence-corrected chi connectivity index (χ3v) is 3.95. The molecule has 23 heavy (non-hydrogen) atoms. The highest BCUT2D eigenvalue weighted by Gasteiger charge is 2.18. The van der Waals surface area contributed by atoms with Crippen molar-refractivity contribution in [2.24, 2.45) is 0 Å². The van der Waals surface area contributed by atoms with E-state index < -0.39 is 0 Å². The van der Waals surface area contributed by atoms with E-state index in [1.807, 2.05) is 22.6 Å². The average molecular weight is 322 g/mol. The largest absolute Gasteiger partial charge is 0.340 e. The minimum atomic E-state index is -0.153. The van der Waals surface area contributed by atoms with Crippen LogP contribution >= 0.6 is 0 Å². The van der Waals surface area contributed by atoms with Gasteiger partial charge in [-0.2, -0.15) is 0 Å².